The first-order chi connectivity index (χ1) is 11.6. The highest BCUT2D eigenvalue weighted by molar-refractivity contribution is 7.13. The van der Waals surface area contributed by atoms with E-state index in [4.69, 9.17) is 4.74 Å². The Labute approximate surface area is 144 Å². The number of hydrogen-bond donors (Lipinski definition) is 1. The third-order valence-corrected chi connectivity index (χ3v) is 4.61. The smallest absolute Gasteiger partial charge is 0.274 e. The number of carbonyl (C=O) groups excluding carboxylic acids is 1. The van der Waals surface area contributed by atoms with Crippen molar-refractivity contribution in [3.63, 3.8) is 0 Å². The molecule has 0 bridgehead atoms. The van der Waals surface area contributed by atoms with Gasteiger partial charge in [0.25, 0.3) is 5.91 Å². The average Bonchev–Trinajstić information content (AvgIpc) is 3.27. The number of nitrogens with one attached hydrogen (secondary N) is 1. The zero-order valence-electron chi connectivity index (χ0n) is 13.7. The first-order valence-electron chi connectivity index (χ1n) is 7.68. The monoisotopic (exact) mass is 341 g/mol. The minimum absolute atomic E-state index is 0.123. The Morgan fingerprint density at radius 2 is 2.12 bits per heavy atom. The molecule has 0 aliphatic carbocycles. The van der Waals surface area contributed by atoms with Gasteiger partial charge in [0.05, 0.1) is 17.1 Å². The Kier molecular flexibility index (Phi) is 4.96. The highest BCUT2D eigenvalue weighted by Gasteiger charge is 2.16. The SMILES string of the molecule is Cc1ccccc1OCCN(C)C(=O)c1cc(-c2cccs2)[nH]n1. The molecule has 0 fully saturated rings. The molecule has 3 aromatic rings. The Hall–Kier alpha value is -2.60. The molecule has 0 saturated heterocycles. The number of H-pyrrole nitrogens is 1. The molecule has 1 aromatic carbocycles. The van der Waals surface area contributed by atoms with Gasteiger partial charge >= 0.3 is 0 Å². The van der Waals surface area contributed by atoms with Gasteiger partial charge in [0.15, 0.2) is 5.69 Å². The summed E-state index contributed by atoms with van der Waals surface area (Å²) in [5, 5.41) is 9.03. The van der Waals surface area contributed by atoms with Crippen molar-refractivity contribution in [1.29, 1.82) is 0 Å². The Balaban J connectivity index is 1.56. The van der Waals surface area contributed by atoms with E-state index in [1.165, 1.54) is 0 Å². The molecule has 2 aromatic heterocycles. The van der Waals surface area contributed by atoms with Crippen molar-refractivity contribution in [1.82, 2.24) is 15.1 Å². The van der Waals surface area contributed by atoms with E-state index in [0.29, 0.717) is 18.8 Å². The van der Waals surface area contributed by atoms with Crippen LogP contribution in [-0.2, 0) is 0 Å². The second-order valence-corrected chi connectivity index (χ2v) is 6.43. The summed E-state index contributed by atoms with van der Waals surface area (Å²) in [4.78, 5) is 15.1. The summed E-state index contributed by atoms with van der Waals surface area (Å²) < 4.78 is 5.74. The standard InChI is InChI=1S/C18H19N3O2S/c1-13-6-3-4-7-16(13)23-10-9-21(2)18(22)15-12-14(19-20-15)17-8-5-11-24-17/h3-8,11-12H,9-10H2,1-2H3,(H,19,20). The van der Waals surface area contributed by atoms with Gasteiger partial charge in [0.1, 0.15) is 12.4 Å². The van der Waals surface area contributed by atoms with Crippen LogP contribution in [-0.4, -0.2) is 41.2 Å². The van der Waals surface area contributed by atoms with Crippen LogP contribution in [0.4, 0.5) is 0 Å². The molecule has 1 N–H and O–H groups in total. The van der Waals surface area contributed by atoms with Crippen molar-refractivity contribution in [2.45, 2.75) is 6.92 Å². The third kappa shape index (κ3) is 3.65. The maximum atomic E-state index is 12.4. The van der Waals surface area contributed by atoms with E-state index >= 15 is 0 Å². The van der Waals surface area contributed by atoms with Crippen molar-refractivity contribution < 1.29 is 9.53 Å². The number of carbonyl (C=O) groups is 1. The van der Waals surface area contributed by atoms with E-state index in [0.717, 1.165) is 21.9 Å². The van der Waals surface area contributed by atoms with E-state index < -0.39 is 0 Å². The second kappa shape index (κ2) is 7.31. The molecule has 3 rings (SSSR count). The molecule has 5 nitrogen and oxygen atoms in total. The Morgan fingerprint density at radius 1 is 1.29 bits per heavy atom. The van der Waals surface area contributed by atoms with Crippen LogP contribution in [0.1, 0.15) is 16.1 Å². The van der Waals surface area contributed by atoms with Crippen LogP contribution in [0, 0.1) is 6.92 Å². The van der Waals surface area contributed by atoms with Crippen LogP contribution < -0.4 is 4.74 Å². The second-order valence-electron chi connectivity index (χ2n) is 5.48. The van der Waals surface area contributed by atoms with Crippen molar-refractivity contribution >= 4 is 17.2 Å². The summed E-state index contributed by atoms with van der Waals surface area (Å²) in [6.45, 7) is 2.93. The van der Waals surface area contributed by atoms with Crippen molar-refractivity contribution in [2.24, 2.45) is 0 Å². The van der Waals surface area contributed by atoms with Crippen molar-refractivity contribution in [2.75, 3.05) is 20.2 Å². The zero-order chi connectivity index (χ0) is 16.9. The van der Waals surface area contributed by atoms with E-state index in [9.17, 15) is 4.79 Å². The fraction of sp³-hybridized carbons (Fsp3) is 0.222. The molecule has 2 heterocycles. The molecule has 1 amide bonds. The molecule has 0 aliphatic rings. The first-order valence-corrected chi connectivity index (χ1v) is 8.56. The molecule has 0 unspecified atom stereocenters. The lowest BCUT2D eigenvalue weighted by Gasteiger charge is -2.16. The molecule has 0 radical (unpaired) electrons. The molecular weight excluding hydrogens is 322 g/mol. The Bertz CT molecular complexity index is 811. The summed E-state index contributed by atoms with van der Waals surface area (Å²) in [7, 11) is 1.75. The number of likely N-dealkylation sites (N-methyl/N-ethyl adjacent to an activating group) is 1. The predicted octanol–water partition coefficient (Wildman–Crippen LogP) is 3.60. The van der Waals surface area contributed by atoms with Gasteiger partial charge in [-0.2, -0.15) is 5.10 Å². The number of aromatic nitrogens is 2. The number of hydrogen-bond acceptors (Lipinski definition) is 4. The van der Waals surface area contributed by atoms with Gasteiger partial charge < -0.3 is 9.64 Å². The molecule has 6 heteroatoms. The van der Waals surface area contributed by atoms with Crippen LogP contribution >= 0.6 is 11.3 Å². The van der Waals surface area contributed by atoms with Crippen molar-refractivity contribution in [3.05, 3.63) is 59.1 Å². The minimum Gasteiger partial charge on any atom is -0.491 e. The normalized spacial score (nSPS) is 10.6. The molecule has 0 saturated carbocycles. The van der Waals surface area contributed by atoms with Gasteiger partial charge in [-0.1, -0.05) is 24.3 Å². The molecule has 0 spiro atoms. The lowest BCUT2D eigenvalue weighted by atomic mass is 10.2. The number of aromatic amines is 1. The average molecular weight is 341 g/mol. The minimum atomic E-state index is -0.123. The number of para-hydroxylation sites is 1. The number of amides is 1. The number of nitrogens with zero attached hydrogens (tertiary/aromatic N) is 2. The van der Waals surface area contributed by atoms with Gasteiger partial charge in [0, 0.05) is 7.05 Å². The van der Waals surface area contributed by atoms with Gasteiger partial charge in [-0.25, -0.2) is 0 Å². The highest BCUT2D eigenvalue weighted by Crippen LogP contribution is 2.23. The highest BCUT2D eigenvalue weighted by atomic mass is 32.1. The Morgan fingerprint density at radius 3 is 2.88 bits per heavy atom. The van der Waals surface area contributed by atoms with Gasteiger partial charge in [-0.05, 0) is 36.1 Å². The number of thiophene rings is 1. The summed E-state index contributed by atoms with van der Waals surface area (Å²) in [6.07, 6.45) is 0. The topological polar surface area (TPSA) is 58.2 Å². The van der Waals surface area contributed by atoms with Crippen LogP contribution in [0.15, 0.2) is 47.8 Å². The molecule has 0 aliphatic heterocycles. The number of aryl methyl sites for hydroxylation is 1. The largest absolute Gasteiger partial charge is 0.491 e. The van der Waals surface area contributed by atoms with Crippen molar-refractivity contribution in [3.8, 4) is 16.3 Å². The quantitative estimate of drug-likeness (QED) is 0.745. The van der Waals surface area contributed by atoms with E-state index in [1.54, 1.807) is 29.4 Å². The summed E-state index contributed by atoms with van der Waals surface area (Å²) in [6, 6.07) is 13.6. The van der Waals surface area contributed by atoms with Crippen LogP contribution in [0.25, 0.3) is 10.6 Å². The molecular formula is C18H19N3O2S. The van der Waals surface area contributed by atoms with Gasteiger partial charge in [-0.15, -0.1) is 11.3 Å². The van der Waals surface area contributed by atoms with Gasteiger partial charge in [0.2, 0.25) is 0 Å². The predicted molar refractivity (Wildman–Crippen MR) is 95.5 cm³/mol. The zero-order valence-corrected chi connectivity index (χ0v) is 14.5. The van der Waals surface area contributed by atoms with Crippen LogP contribution in [0.2, 0.25) is 0 Å². The molecule has 24 heavy (non-hydrogen) atoms. The summed E-state index contributed by atoms with van der Waals surface area (Å²) in [5.74, 6) is 0.723. The lowest BCUT2D eigenvalue weighted by Crippen LogP contribution is -2.31. The van der Waals surface area contributed by atoms with E-state index in [1.807, 2.05) is 48.7 Å². The fourth-order valence-corrected chi connectivity index (χ4v) is 2.99. The van der Waals surface area contributed by atoms with Crippen LogP contribution in [0.5, 0.6) is 5.75 Å². The first kappa shape index (κ1) is 16.3. The molecule has 124 valence electrons. The number of ether oxygens (including phenoxy) is 1. The molecule has 0 atom stereocenters. The number of benzene rings is 1. The lowest BCUT2D eigenvalue weighted by molar-refractivity contribution is 0.0768. The maximum Gasteiger partial charge on any atom is 0.274 e. The summed E-state index contributed by atoms with van der Waals surface area (Å²) >= 11 is 1.61. The maximum absolute atomic E-state index is 12.4. The summed E-state index contributed by atoms with van der Waals surface area (Å²) in [5.41, 5.74) is 2.36. The van der Waals surface area contributed by atoms with Gasteiger partial charge in [-0.3, -0.25) is 9.89 Å². The van der Waals surface area contributed by atoms with E-state index in [-0.39, 0.29) is 5.91 Å². The van der Waals surface area contributed by atoms with Crippen LogP contribution in [0.3, 0.4) is 0 Å². The third-order valence-electron chi connectivity index (χ3n) is 3.71. The number of rotatable bonds is 6. The fourth-order valence-electron chi connectivity index (χ4n) is 2.30. The van der Waals surface area contributed by atoms with E-state index in [2.05, 4.69) is 10.2 Å².